The maximum atomic E-state index is 12.6. The van der Waals surface area contributed by atoms with E-state index in [0.29, 0.717) is 18.1 Å². The molecule has 1 aliphatic carbocycles. The van der Waals surface area contributed by atoms with Crippen LogP contribution in [0.25, 0.3) is 0 Å². The van der Waals surface area contributed by atoms with Gasteiger partial charge in [0, 0.05) is 30.9 Å². The number of hydrogen-bond acceptors (Lipinski definition) is 5. The lowest BCUT2D eigenvalue weighted by Crippen LogP contribution is -2.34. The average molecular weight is 440 g/mol. The third-order valence-electron chi connectivity index (χ3n) is 5.75. The zero-order valence-electron chi connectivity index (χ0n) is 16.7. The zero-order valence-corrected chi connectivity index (χ0v) is 16.7. The predicted octanol–water partition coefficient (Wildman–Crippen LogP) is 3.77. The fourth-order valence-electron chi connectivity index (χ4n) is 4.22. The number of pyridine rings is 1. The van der Waals surface area contributed by atoms with Crippen LogP contribution in [0.4, 0.5) is 13.2 Å². The number of carboxylic acid groups (broad SMARTS) is 1. The summed E-state index contributed by atoms with van der Waals surface area (Å²) in [7, 11) is 0. The van der Waals surface area contributed by atoms with Crippen LogP contribution in [-0.4, -0.2) is 52.7 Å². The first-order valence-electron chi connectivity index (χ1n) is 9.79. The number of halogens is 3. The van der Waals surface area contributed by atoms with Gasteiger partial charge in [-0.2, -0.15) is 13.2 Å². The average Bonchev–Trinajstić information content (AvgIpc) is 3.44. The maximum Gasteiger partial charge on any atom is 0.490 e. The monoisotopic (exact) mass is 440 g/mol. The number of aromatic nitrogens is 1. The second-order valence-electron chi connectivity index (χ2n) is 7.80. The predicted molar refractivity (Wildman–Crippen MR) is 102 cm³/mol. The van der Waals surface area contributed by atoms with Crippen molar-refractivity contribution in [3.8, 4) is 0 Å². The summed E-state index contributed by atoms with van der Waals surface area (Å²) in [5.41, 5.74) is 1.90. The Balaban J connectivity index is 0.000000339. The number of carbonyl (C=O) groups excluding carboxylic acids is 1. The van der Waals surface area contributed by atoms with Gasteiger partial charge in [0.25, 0.3) is 5.91 Å². The molecule has 0 spiro atoms. The fraction of sp³-hybridized carbons (Fsp3) is 0.476. The van der Waals surface area contributed by atoms with E-state index in [1.807, 2.05) is 17.0 Å². The summed E-state index contributed by atoms with van der Waals surface area (Å²) in [6.07, 6.45) is 5.14. The van der Waals surface area contributed by atoms with Crippen molar-refractivity contribution in [3.05, 3.63) is 54.2 Å². The van der Waals surface area contributed by atoms with Gasteiger partial charge in [0.15, 0.2) is 0 Å². The van der Waals surface area contributed by atoms with E-state index >= 15 is 0 Å². The van der Waals surface area contributed by atoms with Crippen LogP contribution in [0.2, 0.25) is 0 Å². The first kappa shape index (κ1) is 22.8. The van der Waals surface area contributed by atoms with Crippen LogP contribution in [0.1, 0.15) is 35.2 Å². The maximum absolute atomic E-state index is 12.6. The molecule has 0 unspecified atom stereocenters. The van der Waals surface area contributed by atoms with Crippen molar-refractivity contribution in [2.75, 3.05) is 19.7 Å². The van der Waals surface area contributed by atoms with Gasteiger partial charge >= 0.3 is 12.1 Å². The standard InChI is InChI=1S/C19H22N2O3.C2HF3O2/c22-18(16-5-9-23-12-16)21-10-17-2-1-6-19(17,13-21)14-24-11-15-3-7-20-8-4-15;3-2(4,5)1(6)7/h3-5,7-9,12,17H,1-2,6,10-11,13-14H2;(H,6,7)/t17-,19+;/m1./s1. The van der Waals surface area contributed by atoms with E-state index in [9.17, 15) is 18.0 Å². The minimum absolute atomic E-state index is 0.0756. The van der Waals surface area contributed by atoms with Gasteiger partial charge in [-0.15, -0.1) is 0 Å². The van der Waals surface area contributed by atoms with Crippen molar-refractivity contribution in [2.45, 2.75) is 32.0 Å². The highest BCUT2D eigenvalue weighted by Crippen LogP contribution is 2.49. The normalized spacial score (nSPS) is 22.5. The number of aliphatic carboxylic acids is 1. The van der Waals surface area contributed by atoms with Gasteiger partial charge in [-0.3, -0.25) is 9.78 Å². The Hall–Kier alpha value is -2.88. The highest BCUT2D eigenvalue weighted by molar-refractivity contribution is 5.94. The van der Waals surface area contributed by atoms with Crippen LogP contribution in [0.15, 0.2) is 47.5 Å². The summed E-state index contributed by atoms with van der Waals surface area (Å²) in [6.45, 7) is 2.95. The molecular formula is C21H23F3N2O5. The van der Waals surface area contributed by atoms with Crippen molar-refractivity contribution in [1.29, 1.82) is 0 Å². The molecule has 2 aromatic rings. The van der Waals surface area contributed by atoms with Gasteiger partial charge in [-0.25, -0.2) is 4.79 Å². The molecule has 0 aromatic carbocycles. The van der Waals surface area contributed by atoms with E-state index in [-0.39, 0.29) is 11.3 Å². The van der Waals surface area contributed by atoms with E-state index < -0.39 is 12.1 Å². The van der Waals surface area contributed by atoms with Crippen LogP contribution < -0.4 is 0 Å². The molecule has 3 heterocycles. The second-order valence-corrected chi connectivity index (χ2v) is 7.80. The lowest BCUT2D eigenvalue weighted by Gasteiger charge is -2.28. The highest BCUT2D eigenvalue weighted by atomic mass is 19.4. The molecular weight excluding hydrogens is 417 g/mol. The third-order valence-corrected chi connectivity index (χ3v) is 5.75. The molecule has 0 bridgehead atoms. The number of hydrogen-bond donors (Lipinski definition) is 1. The molecule has 0 radical (unpaired) electrons. The van der Waals surface area contributed by atoms with E-state index in [2.05, 4.69) is 4.98 Å². The van der Waals surface area contributed by atoms with Crippen molar-refractivity contribution in [1.82, 2.24) is 9.88 Å². The van der Waals surface area contributed by atoms with Crippen molar-refractivity contribution >= 4 is 11.9 Å². The Kier molecular flexibility index (Phi) is 6.99. The second kappa shape index (κ2) is 9.51. The Morgan fingerprint density at radius 1 is 1.29 bits per heavy atom. The lowest BCUT2D eigenvalue weighted by atomic mass is 9.81. The molecule has 10 heteroatoms. The number of alkyl halides is 3. The van der Waals surface area contributed by atoms with Gasteiger partial charge in [0.1, 0.15) is 6.26 Å². The molecule has 2 aliphatic rings. The number of ether oxygens (including phenoxy) is 1. The third kappa shape index (κ3) is 5.63. The van der Waals surface area contributed by atoms with Crippen LogP contribution >= 0.6 is 0 Å². The number of amides is 1. The van der Waals surface area contributed by atoms with Gasteiger partial charge in [-0.1, -0.05) is 6.42 Å². The Morgan fingerprint density at radius 2 is 2.00 bits per heavy atom. The minimum Gasteiger partial charge on any atom is -0.475 e. The molecule has 2 atom stereocenters. The molecule has 1 aliphatic heterocycles. The first-order valence-corrected chi connectivity index (χ1v) is 9.79. The van der Waals surface area contributed by atoms with Crippen molar-refractivity contribution in [2.24, 2.45) is 11.3 Å². The summed E-state index contributed by atoms with van der Waals surface area (Å²) >= 11 is 0. The summed E-state index contributed by atoms with van der Waals surface area (Å²) in [5, 5.41) is 7.12. The Morgan fingerprint density at radius 3 is 2.61 bits per heavy atom. The molecule has 1 saturated carbocycles. The minimum atomic E-state index is -5.08. The fourth-order valence-corrected chi connectivity index (χ4v) is 4.22. The number of likely N-dealkylation sites (tertiary alicyclic amines) is 1. The molecule has 4 rings (SSSR count). The van der Waals surface area contributed by atoms with Gasteiger partial charge in [0.05, 0.1) is 25.0 Å². The molecule has 7 nitrogen and oxygen atoms in total. The molecule has 2 fully saturated rings. The van der Waals surface area contributed by atoms with Crippen molar-refractivity contribution < 1.29 is 37.0 Å². The van der Waals surface area contributed by atoms with E-state index in [0.717, 1.165) is 31.7 Å². The van der Waals surface area contributed by atoms with Crippen LogP contribution in [0.5, 0.6) is 0 Å². The van der Waals surface area contributed by atoms with Gasteiger partial charge in [0.2, 0.25) is 0 Å². The topological polar surface area (TPSA) is 92.9 Å². The number of carboxylic acids is 1. The van der Waals surface area contributed by atoms with Crippen molar-refractivity contribution in [3.63, 3.8) is 0 Å². The number of furan rings is 1. The number of carbonyl (C=O) groups is 2. The number of rotatable bonds is 5. The lowest BCUT2D eigenvalue weighted by molar-refractivity contribution is -0.192. The highest BCUT2D eigenvalue weighted by Gasteiger charge is 2.50. The van der Waals surface area contributed by atoms with Crippen LogP contribution in [0, 0.1) is 11.3 Å². The smallest absolute Gasteiger partial charge is 0.475 e. The molecule has 1 amide bonds. The summed E-state index contributed by atoms with van der Waals surface area (Å²) in [5.74, 6) is -2.13. The van der Waals surface area contributed by atoms with Gasteiger partial charge in [-0.05, 0) is 42.5 Å². The van der Waals surface area contributed by atoms with Gasteiger partial charge < -0.3 is 19.2 Å². The summed E-state index contributed by atoms with van der Waals surface area (Å²) in [6, 6.07) is 5.70. The zero-order chi connectivity index (χ0) is 22.5. The Labute approximate surface area is 176 Å². The SMILES string of the molecule is O=C(O)C(F)(F)F.O=C(c1ccoc1)N1C[C@H]2CCC[C@@]2(COCc2ccncc2)C1. The molecule has 1 N–H and O–H groups in total. The van der Waals surface area contributed by atoms with E-state index in [1.54, 1.807) is 24.7 Å². The largest absolute Gasteiger partial charge is 0.490 e. The molecule has 2 aromatic heterocycles. The van der Waals surface area contributed by atoms with Crippen LogP contribution in [0.3, 0.4) is 0 Å². The summed E-state index contributed by atoms with van der Waals surface area (Å²) in [4.78, 5) is 27.5. The molecule has 168 valence electrons. The molecule has 1 saturated heterocycles. The van der Waals surface area contributed by atoms with E-state index in [1.165, 1.54) is 19.1 Å². The Bertz CT molecular complexity index is 873. The number of nitrogens with zero attached hydrogens (tertiary/aromatic N) is 2. The number of fused-ring (bicyclic) bond motifs is 1. The molecule has 31 heavy (non-hydrogen) atoms. The van der Waals surface area contributed by atoms with E-state index in [4.69, 9.17) is 19.1 Å². The first-order chi connectivity index (χ1) is 14.7. The summed E-state index contributed by atoms with van der Waals surface area (Å²) < 4.78 is 42.8. The van der Waals surface area contributed by atoms with Crippen LogP contribution in [-0.2, 0) is 16.1 Å². The quantitative estimate of drug-likeness (QED) is 0.761.